The van der Waals surface area contributed by atoms with Gasteiger partial charge in [0.2, 0.25) is 5.95 Å². The summed E-state index contributed by atoms with van der Waals surface area (Å²) in [5, 5.41) is 13.8. The minimum absolute atomic E-state index is 0.0304. The molecule has 0 spiro atoms. The predicted molar refractivity (Wildman–Crippen MR) is 109 cm³/mol. The largest absolute Gasteiger partial charge is 0.381 e. The molecule has 0 amide bonds. The molecule has 1 heterocycles. The molecule has 10 heteroatoms. The molecule has 0 radical (unpaired) electrons. The van der Waals surface area contributed by atoms with Crippen LogP contribution in [0.3, 0.4) is 0 Å². The van der Waals surface area contributed by atoms with Crippen LogP contribution in [0.5, 0.6) is 0 Å². The van der Waals surface area contributed by atoms with Crippen molar-refractivity contribution in [1.82, 2.24) is 9.97 Å². The van der Waals surface area contributed by atoms with E-state index in [0.717, 1.165) is 5.56 Å². The lowest BCUT2D eigenvalue weighted by molar-refractivity contribution is -0.384. The Hall–Kier alpha value is -3.53. The van der Waals surface area contributed by atoms with Crippen LogP contribution in [0.15, 0.2) is 59.5 Å². The van der Waals surface area contributed by atoms with Gasteiger partial charge in [0.15, 0.2) is 0 Å². The summed E-state index contributed by atoms with van der Waals surface area (Å²) in [6, 6.07) is 14.2. The van der Waals surface area contributed by atoms with Gasteiger partial charge in [0.05, 0.1) is 9.82 Å². The van der Waals surface area contributed by atoms with E-state index in [-0.39, 0.29) is 16.5 Å². The average molecular weight is 413 g/mol. The zero-order chi connectivity index (χ0) is 21.0. The molecule has 3 rings (SSSR count). The fraction of sp³-hybridized carbons (Fsp3) is 0.158. The molecule has 0 fully saturated rings. The first kappa shape index (κ1) is 20.2. The van der Waals surface area contributed by atoms with Gasteiger partial charge in [-0.3, -0.25) is 10.1 Å². The number of rotatable bonds is 7. The van der Waals surface area contributed by atoms with Gasteiger partial charge in [-0.2, -0.15) is 0 Å². The molecular weight excluding hydrogens is 394 g/mol. The van der Waals surface area contributed by atoms with Crippen molar-refractivity contribution in [3.8, 4) is 0 Å². The molecule has 2 N–H and O–H groups in total. The molecule has 2 aromatic carbocycles. The zero-order valence-corrected chi connectivity index (χ0v) is 16.6. The van der Waals surface area contributed by atoms with Gasteiger partial charge in [0, 0.05) is 35.8 Å². The first-order valence-corrected chi connectivity index (χ1v) is 10.1. The van der Waals surface area contributed by atoms with Gasteiger partial charge in [-0.1, -0.05) is 12.1 Å². The Morgan fingerprint density at radius 3 is 2.10 bits per heavy atom. The van der Waals surface area contributed by atoms with Gasteiger partial charge in [-0.05, 0) is 49.7 Å². The van der Waals surface area contributed by atoms with E-state index in [1.807, 2.05) is 0 Å². The number of nitrogens with one attached hydrogen (secondary N) is 2. The van der Waals surface area contributed by atoms with Crippen LogP contribution in [0.2, 0.25) is 0 Å². The molecule has 0 saturated heterocycles. The summed E-state index contributed by atoms with van der Waals surface area (Å²) in [4.78, 5) is 18.5. The van der Waals surface area contributed by atoms with Gasteiger partial charge in [-0.25, -0.2) is 23.1 Å². The maximum Gasteiger partial charge on any atom is 0.269 e. The number of sulfonamides is 1. The fourth-order valence-electron chi connectivity index (χ4n) is 2.64. The second-order valence-corrected chi connectivity index (χ2v) is 8.06. The predicted octanol–water partition coefficient (Wildman–Crippen LogP) is 3.41. The molecule has 0 aliphatic heterocycles. The number of anilines is 2. The van der Waals surface area contributed by atoms with Crippen LogP contribution < -0.4 is 10.0 Å². The number of nitro groups is 1. The Labute approximate surface area is 168 Å². The fourth-order valence-corrected chi connectivity index (χ4v) is 3.59. The van der Waals surface area contributed by atoms with Crippen LogP contribution in [0.4, 0.5) is 17.3 Å². The van der Waals surface area contributed by atoms with Crippen LogP contribution in [0, 0.1) is 24.0 Å². The van der Waals surface area contributed by atoms with Crippen LogP contribution in [-0.4, -0.2) is 23.3 Å². The van der Waals surface area contributed by atoms with Crippen molar-refractivity contribution in [3.63, 3.8) is 0 Å². The minimum atomic E-state index is -3.81. The van der Waals surface area contributed by atoms with E-state index >= 15 is 0 Å². The summed E-state index contributed by atoms with van der Waals surface area (Å²) in [5.41, 5.74) is 2.94. The summed E-state index contributed by atoms with van der Waals surface area (Å²) >= 11 is 0. The lowest BCUT2D eigenvalue weighted by Crippen LogP contribution is -2.15. The summed E-state index contributed by atoms with van der Waals surface area (Å²) in [6.45, 7) is 3.97. The number of nitrogens with zero attached hydrogens (tertiary/aromatic N) is 3. The molecule has 0 bridgehead atoms. The monoisotopic (exact) mass is 413 g/mol. The lowest BCUT2D eigenvalue weighted by Gasteiger charge is -2.10. The summed E-state index contributed by atoms with van der Waals surface area (Å²) in [7, 11) is -3.81. The highest BCUT2D eigenvalue weighted by molar-refractivity contribution is 7.92. The van der Waals surface area contributed by atoms with Crippen LogP contribution in [0.1, 0.15) is 17.0 Å². The van der Waals surface area contributed by atoms with Crippen molar-refractivity contribution in [2.45, 2.75) is 25.3 Å². The maximum absolute atomic E-state index is 12.5. The molecule has 0 unspecified atom stereocenters. The third-order valence-corrected chi connectivity index (χ3v) is 5.36. The van der Waals surface area contributed by atoms with Crippen molar-refractivity contribution in [1.29, 1.82) is 0 Å². The van der Waals surface area contributed by atoms with Crippen LogP contribution >= 0.6 is 0 Å². The zero-order valence-electron chi connectivity index (χ0n) is 15.8. The van der Waals surface area contributed by atoms with Crippen molar-refractivity contribution >= 4 is 27.3 Å². The number of hydrogen-bond donors (Lipinski definition) is 2. The van der Waals surface area contributed by atoms with E-state index in [1.165, 1.54) is 24.3 Å². The molecule has 9 nitrogen and oxygen atoms in total. The number of benzene rings is 2. The molecule has 3 aromatic rings. The number of hydrogen-bond acceptors (Lipinski definition) is 7. The Bertz CT molecular complexity index is 1110. The standard InChI is InChI=1S/C19H19N5O4S/c1-13-11-14(2)22-19(21-13)23-29(27,28)18-9-5-16(6-10-18)20-12-15-3-7-17(8-4-15)24(25)26/h3-11,20H,12H2,1-2H3,(H,21,22,23). The van der Waals surface area contributed by atoms with E-state index in [0.29, 0.717) is 23.6 Å². The molecule has 150 valence electrons. The molecular formula is C19H19N5O4S. The molecule has 0 aliphatic carbocycles. The highest BCUT2D eigenvalue weighted by atomic mass is 32.2. The first-order chi connectivity index (χ1) is 13.7. The number of aromatic nitrogens is 2. The van der Waals surface area contributed by atoms with Gasteiger partial charge in [-0.15, -0.1) is 0 Å². The summed E-state index contributed by atoms with van der Waals surface area (Å²) in [6.07, 6.45) is 0. The Morgan fingerprint density at radius 1 is 0.966 bits per heavy atom. The van der Waals surface area contributed by atoms with Gasteiger partial charge >= 0.3 is 0 Å². The first-order valence-electron chi connectivity index (χ1n) is 8.65. The van der Waals surface area contributed by atoms with E-state index in [9.17, 15) is 18.5 Å². The smallest absolute Gasteiger partial charge is 0.269 e. The lowest BCUT2D eigenvalue weighted by atomic mass is 10.2. The number of non-ortho nitro benzene ring substituents is 1. The molecule has 1 aromatic heterocycles. The Balaban J connectivity index is 1.66. The third kappa shape index (κ3) is 5.26. The topological polar surface area (TPSA) is 127 Å². The van der Waals surface area contributed by atoms with Gasteiger partial charge in [0.1, 0.15) is 0 Å². The Morgan fingerprint density at radius 2 is 1.55 bits per heavy atom. The molecule has 0 atom stereocenters. The minimum Gasteiger partial charge on any atom is -0.381 e. The highest BCUT2D eigenvalue weighted by Gasteiger charge is 2.16. The van der Waals surface area contributed by atoms with Crippen molar-refractivity contribution in [2.75, 3.05) is 10.0 Å². The quantitative estimate of drug-likeness (QED) is 0.449. The number of aryl methyl sites for hydroxylation is 2. The maximum atomic E-state index is 12.5. The highest BCUT2D eigenvalue weighted by Crippen LogP contribution is 2.18. The second-order valence-electron chi connectivity index (χ2n) is 6.38. The summed E-state index contributed by atoms with van der Waals surface area (Å²) in [5.74, 6) is 0.0304. The Kier molecular flexibility index (Phi) is 5.74. The van der Waals surface area contributed by atoms with E-state index in [2.05, 4.69) is 20.0 Å². The normalized spacial score (nSPS) is 11.1. The van der Waals surface area contributed by atoms with Crippen molar-refractivity contribution in [3.05, 3.63) is 81.7 Å². The third-order valence-electron chi connectivity index (χ3n) is 4.02. The molecule has 29 heavy (non-hydrogen) atoms. The van der Waals surface area contributed by atoms with Crippen LogP contribution in [-0.2, 0) is 16.6 Å². The van der Waals surface area contributed by atoms with Crippen LogP contribution in [0.25, 0.3) is 0 Å². The summed E-state index contributed by atoms with van der Waals surface area (Å²) < 4.78 is 27.5. The van der Waals surface area contributed by atoms with Gasteiger partial charge < -0.3 is 5.32 Å². The average Bonchev–Trinajstić information content (AvgIpc) is 2.66. The van der Waals surface area contributed by atoms with E-state index in [4.69, 9.17) is 0 Å². The van der Waals surface area contributed by atoms with E-state index in [1.54, 1.807) is 44.2 Å². The molecule has 0 saturated carbocycles. The SMILES string of the molecule is Cc1cc(C)nc(NS(=O)(=O)c2ccc(NCc3ccc([N+](=O)[O-])cc3)cc2)n1. The van der Waals surface area contributed by atoms with Gasteiger partial charge in [0.25, 0.3) is 15.7 Å². The molecule has 0 aliphatic rings. The number of nitro benzene ring substituents is 1. The van der Waals surface area contributed by atoms with Crippen molar-refractivity contribution < 1.29 is 13.3 Å². The van der Waals surface area contributed by atoms with Crippen molar-refractivity contribution in [2.24, 2.45) is 0 Å². The second kappa shape index (κ2) is 8.23. The van der Waals surface area contributed by atoms with E-state index < -0.39 is 14.9 Å².